The van der Waals surface area contributed by atoms with Crippen LogP contribution in [0.15, 0.2) is 70.7 Å². The van der Waals surface area contributed by atoms with E-state index in [1.807, 2.05) is 0 Å². The van der Waals surface area contributed by atoms with Gasteiger partial charge in [0.15, 0.2) is 11.5 Å². The normalized spacial score (nSPS) is 14.5. The molecule has 0 unspecified atom stereocenters. The van der Waals surface area contributed by atoms with Crippen molar-refractivity contribution in [3.05, 3.63) is 97.5 Å². The summed E-state index contributed by atoms with van der Waals surface area (Å²) in [6.07, 6.45) is 1.36. The van der Waals surface area contributed by atoms with Gasteiger partial charge in [-0.3, -0.25) is 25.0 Å². The quantitative estimate of drug-likeness (QED) is 0.186. The van der Waals surface area contributed by atoms with E-state index in [1.54, 1.807) is 55.5 Å². The molecule has 1 aliphatic rings. The number of aryl methyl sites for hydroxylation is 1. The molecular weight excluding hydrogens is 546 g/mol. The van der Waals surface area contributed by atoms with E-state index in [1.165, 1.54) is 25.3 Å². The molecule has 0 aliphatic carbocycles. The van der Waals surface area contributed by atoms with E-state index in [2.05, 4.69) is 21.2 Å². The molecule has 0 atom stereocenters. The average molecular weight is 566 g/mol. The van der Waals surface area contributed by atoms with Gasteiger partial charge in [-0.1, -0.05) is 18.2 Å². The maximum Gasteiger partial charge on any atom is 0.335 e. The highest BCUT2D eigenvalue weighted by molar-refractivity contribution is 9.10. The van der Waals surface area contributed by atoms with E-state index in [4.69, 9.17) is 9.47 Å². The molecule has 0 aromatic heterocycles. The lowest BCUT2D eigenvalue weighted by molar-refractivity contribution is -0.384. The Morgan fingerprint density at radius 1 is 1.08 bits per heavy atom. The summed E-state index contributed by atoms with van der Waals surface area (Å²) in [4.78, 5) is 49.5. The average Bonchev–Trinajstić information content (AvgIpc) is 2.87. The number of rotatable bonds is 7. The number of anilines is 1. The minimum Gasteiger partial charge on any atom is -0.493 e. The second-order valence-corrected chi connectivity index (χ2v) is 8.85. The number of halogens is 1. The van der Waals surface area contributed by atoms with Gasteiger partial charge in [-0.15, -0.1) is 0 Å². The third-order valence-electron chi connectivity index (χ3n) is 5.55. The summed E-state index contributed by atoms with van der Waals surface area (Å²) in [6, 6.07) is 15.2. The van der Waals surface area contributed by atoms with Gasteiger partial charge in [0.2, 0.25) is 0 Å². The van der Waals surface area contributed by atoms with Crippen LogP contribution in [0.4, 0.5) is 16.2 Å². The van der Waals surface area contributed by atoms with Gasteiger partial charge in [0.25, 0.3) is 17.5 Å². The van der Waals surface area contributed by atoms with Crippen LogP contribution in [-0.4, -0.2) is 29.9 Å². The van der Waals surface area contributed by atoms with Crippen molar-refractivity contribution < 1.29 is 28.8 Å². The summed E-state index contributed by atoms with van der Waals surface area (Å²) < 4.78 is 11.8. The van der Waals surface area contributed by atoms with Crippen LogP contribution in [0, 0.1) is 17.0 Å². The summed E-state index contributed by atoms with van der Waals surface area (Å²) in [5, 5.41) is 13.0. The Morgan fingerprint density at radius 2 is 1.78 bits per heavy atom. The minimum atomic E-state index is -0.824. The van der Waals surface area contributed by atoms with Gasteiger partial charge in [-0.25, -0.2) is 9.69 Å². The van der Waals surface area contributed by atoms with Gasteiger partial charge in [0.1, 0.15) is 12.2 Å². The molecule has 11 heteroatoms. The fourth-order valence-electron chi connectivity index (χ4n) is 3.69. The van der Waals surface area contributed by atoms with Crippen LogP contribution in [0.2, 0.25) is 0 Å². The van der Waals surface area contributed by atoms with E-state index in [-0.39, 0.29) is 17.9 Å². The largest absolute Gasteiger partial charge is 0.493 e. The maximum absolute atomic E-state index is 13.2. The zero-order valence-electron chi connectivity index (χ0n) is 19.7. The lowest BCUT2D eigenvalue weighted by Crippen LogP contribution is -2.54. The highest BCUT2D eigenvalue weighted by atomic mass is 79.9. The number of carbonyl (C=O) groups excluding carboxylic acids is 3. The molecular formula is C26H20BrN3O7. The number of nitrogens with one attached hydrogen (secondary N) is 1. The first kappa shape index (κ1) is 25.6. The molecule has 0 bridgehead atoms. The summed E-state index contributed by atoms with van der Waals surface area (Å²) in [5.41, 5.74) is 1.97. The monoisotopic (exact) mass is 565 g/mol. The Labute approximate surface area is 219 Å². The summed E-state index contributed by atoms with van der Waals surface area (Å²) >= 11 is 3.43. The van der Waals surface area contributed by atoms with Gasteiger partial charge in [0, 0.05) is 12.1 Å². The van der Waals surface area contributed by atoms with E-state index in [0.717, 1.165) is 4.90 Å². The maximum atomic E-state index is 13.2. The van der Waals surface area contributed by atoms with Crippen LogP contribution < -0.4 is 19.7 Å². The number of imide groups is 2. The second-order valence-electron chi connectivity index (χ2n) is 7.99. The predicted molar refractivity (Wildman–Crippen MR) is 138 cm³/mol. The Balaban J connectivity index is 1.62. The van der Waals surface area contributed by atoms with Crippen molar-refractivity contribution in [3.8, 4) is 11.5 Å². The summed E-state index contributed by atoms with van der Waals surface area (Å²) in [5.74, 6) is -0.886. The van der Waals surface area contributed by atoms with Crippen LogP contribution >= 0.6 is 15.9 Å². The number of barbiturate groups is 1. The predicted octanol–water partition coefficient (Wildman–Crippen LogP) is 4.92. The number of urea groups is 1. The van der Waals surface area contributed by atoms with Gasteiger partial charge >= 0.3 is 6.03 Å². The molecule has 3 aromatic carbocycles. The molecule has 10 nitrogen and oxygen atoms in total. The van der Waals surface area contributed by atoms with Crippen LogP contribution in [0.1, 0.15) is 16.7 Å². The molecule has 0 radical (unpaired) electrons. The molecule has 1 saturated heterocycles. The van der Waals surface area contributed by atoms with Crippen molar-refractivity contribution in [2.75, 3.05) is 12.0 Å². The number of para-hydroxylation sites is 1. The number of benzene rings is 3. The number of carbonyl (C=O) groups is 3. The number of hydrogen-bond acceptors (Lipinski definition) is 7. The number of ether oxygens (including phenoxy) is 2. The summed E-state index contributed by atoms with van der Waals surface area (Å²) in [7, 11) is 1.44. The van der Waals surface area contributed by atoms with Gasteiger partial charge in [0.05, 0.1) is 22.2 Å². The second kappa shape index (κ2) is 10.6. The van der Waals surface area contributed by atoms with Crippen LogP contribution in [0.5, 0.6) is 11.5 Å². The Hall–Kier alpha value is -4.51. The van der Waals surface area contributed by atoms with Crippen molar-refractivity contribution in [3.63, 3.8) is 0 Å². The molecule has 0 spiro atoms. The molecule has 1 aliphatic heterocycles. The van der Waals surface area contributed by atoms with Gasteiger partial charge < -0.3 is 9.47 Å². The number of non-ortho nitro benzene ring substituents is 1. The molecule has 1 N–H and O–H groups in total. The van der Waals surface area contributed by atoms with E-state index < -0.39 is 22.8 Å². The van der Waals surface area contributed by atoms with Crippen molar-refractivity contribution in [1.82, 2.24) is 5.32 Å². The first-order valence-corrected chi connectivity index (χ1v) is 11.7. The fourth-order valence-corrected chi connectivity index (χ4v) is 4.26. The van der Waals surface area contributed by atoms with Gasteiger partial charge in [-0.05, 0) is 76.0 Å². The highest BCUT2D eigenvalue weighted by Crippen LogP contribution is 2.38. The van der Waals surface area contributed by atoms with E-state index in [0.29, 0.717) is 38.3 Å². The molecule has 1 fully saturated rings. The van der Waals surface area contributed by atoms with E-state index >= 15 is 0 Å². The number of nitro benzene ring substituents is 1. The number of nitrogens with zero attached hydrogens (tertiary/aromatic N) is 2. The third kappa shape index (κ3) is 5.36. The SMILES string of the molecule is COc1cc(/C=C2\C(=O)NC(=O)N(c3ccccc3C)C2=O)cc(Br)c1OCc1ccc([N+](=O)[O-])cc1. The van der Waals surface area contributed by atoms with Crippen LogP contribution in [0.3, 0.4) is 0 Å². The van der Waals surface area contributed by atoms with Crippen LogP contribution in [0.25, 0.3) is 6.08 Å². The van der Waals surface area contributed by atoms with E-state index in [9.17, 15) is 24.5 Å². The van der Waals surface area contributed by atoms with Gasteiger partial charge in [-0.2, -0.15) is 0 Å². The number of amides is 4. The lowest BCUT2D eigenvalue weighted by Gasteiger charge is -2.27. The smallest absolute Gasteiger partial charge is 0.335 e. The molecule has 4 rings (SSSR count). The minimum absolute atomic E-state index is 0.0242. The van der Waals surface area contributed by atoms with Crippen LogP contribution in [-0.2, 0) is 16.2 Å². The topological polar surface area (TPSA) is 128 Å². The first-order valence-electron chi connectivity index (χ1n) is 10.9. The lowest BCUT2D eigenvalue weighted by atomic mass is 10.1. The number of hydrogen-bond donors (Lipinski definition) is 1. The molecule has 188 valence electrons. The molecule has 1 heterocycles. The fraction of sp³-hybridized carbons (Fsp3) is 0.115. The highest BCUT2D eigenvalue weighted by Gasteiger charge is 2.37. The number of methoxy groups -OCH3 is 1. The van der Waals surface area contributed by atoms with Crippen molar-refractivity contribution in [1.29, 1.82) is 0 Å². The number of nitro groups is 1. The molecule has 4 amide bonds. The van der Waals surface area contributed by atoms with Crippen molar-refractivity contribution >= 4 is 51.2 Å². The van der Waals surface area contributed by atoms with Crippen molar-refractivity contribution in [2.45, 2.75) is 13.5 Å². The zero-order valence-corrected chi connectivity index (χ0v) is 21.3. The molecule has 3 aromatic rings. The Bertz CT molecular complexity index is 1450. The molecule has 37 heavy (non-hydrogen) atoms. The Kier molecular flexibility index (Phi) is 7.35. The summed E-state index contributed by atoms with van der Waals surface area (Å²) in [6.45, 7) is 1.87. The molecule has 0 saturated carbocycles. The third-order valence-corrected chi connectivity index (χ3v) is 6.14. The Morgan fingerprint density at radius 3 is 2.43 bits per heavy atom. The van der Waals surface area contributed by atoms with Crippen molar-refractivity contribution in [2.24, 2.45) is 0 Å². The first-order chi connectivity index (χ1) is 17.7. The zero-order chi connectivity index (χ0) is 26.7. The standard InChI is InChI=1S/C26H20BrN3O7/c1-15-5-3-4-6-21(15)29-25(32)19(24(31)28-26(29)33)11-17-12-20(27)23(22(13-17)36-2)37-14-16-7-9-18(10-8-16)30(34)35/h3-13H,14H2,1-2H3,(H,28,31,33)/b19-11+.